The van der Waals surface area contributed by atoms with E-state index in [9.17, 15) is 17.6 Å². The molecule has 0 heterocycles. The molecule has 0 saturated carbocycles. The van der Waals surface area contributed by atoms with Crippen LogP contribution in [0.3, 0.4) is 0 Å². The zero-order chi connectivity index (χ0) is 11.0. The highest BCUT2D eigenvalue weighted by molar-refractivity contribution is 6.22. The van der Waals surface area contributed by atoms with E-state index in [0.29, 0.717) is 0 Å². The third-order valence-electron chi connectivity index (χ3n) is 1.63. The van der Waals surface area contributed by atoms with E-state index >= 15 is 0 Å². The largest absolute Gasteiger partial charge is 0.399 e. The zero-order valence-corrected chi connectivity index (χ0v) is 7.53. The quantitative estimate of drug-likeness (QED) is 0.469. The number of hydrogen-bond acceptors (Lipinski definition) is 1. The lowest BCUT2D eigenvalue weighted by Gasteiger charge is -2.21. The van der Waals surface area contributed by atoms with Gasteiger partial charge in [0.1, 0.15) is 0 Å². The van der Waals surface area contributed by atoms with E-state index in [1.165, 1.54) is 0 Å². The molecule has 0 unspecified atom stereocenters. The molecule has 0 aliphatic carbocycles. The average Bonchev–Trinajstić information content (AvgIpc) is 2.03. The fourth-order valence-corrected chi connectivity index (χ4v) is 0.965. The maximum absolute atomic E-state index is 12.9. The molecule has 1 nitrogen and oxygen atoms in total. The van der Waals surface area contributed by atoms with Crippen LogP contribution in [0.5, 0.6) is 0 Å². The van der Waals surface area contributed by atoms with Crippen LogP contribution < -0.4 is 5.73 Å². The first kappa shape index (κ1) is 11.1. The summed E-state index contributed by atoms with van der Waals surface area (Å²) in [6.07, 6.45) is 0. The Morgan fingerprint density at radius 3 is 1.79 bits per heavy atom. The van der Waals surface area contributed by atoms with Crippen LogP contribution in [0.1, 0.15) is 5.56 Å². The summed E-state index contributed by atoms with van der Waals surface area (Å²) in [4.78, 5) is 0. The SMILES string of the molecule is Nc1ccc(C(F)(F)C(F)(F)Cl)cc1. The van der Waals surface area contributed by atoms with Crippen molar-refractivity contribution >= 4 is 17.3 Å². The van der Waals surface area contributed by atoms with Crippen LogP contribution in [0.15, 0.2) is 24.3 Å². The van der Waals surface area contributed by atoms with Crippen LogP contribution in [-0.4, -0.2) is 5.38 Å². The fraction of sp³-hybridized carbons (Fsp3) is 0.250. The molecule has 0 saturated heterocycles. The molecule has 0 radical (unpaired) electrons. The van der Waals surface area contributed by atoms with Gasteiger partial charge in [-0.3, -0.25) is 0 Å². The number of nitrogen functional groups attached to an aromatic ring is 1. The normalized spacial score (nSPS) is 12.9. The molecule has 1 aromatic rings. The molecule has 6 heteroatoms. The predicted molar refractivity (Wildman–Crippen MR) is 45.5 cm³/mol. The molecule has 0 bridgehead atoms. The maximum Gasteiger partial charge on any atom is 0.388 e. The Bertz CT molecular complexity index is 317. The lowest BCUT2D eigenvalue weighted by Crippen LogP contribution is -2.32. The van der Waals surface area contributed by atoms with Gasteiger partial charge in [0.15, 0.2) is 0 Å². The van der Waals surface area contributed by atoms with Crippen molar-refractivity contribution in [2.75, 3.05) is 5.73 Å². The maximum atomic E-state index is 12.9. The van der Waals surface area contributed by atoms with E-state index in [1.807, 2.05) is 0 Å². The Balaban J connectivity index is 3.10. The monoisotopic (exact) mass is 227 g/mol. The van der Waals surface area contributed by atoms with Crippen molar-refractivity contribution in [3.05, 3.63) is 29.8 Å². The first-order valence-corrected chi connectivity index (χ1v) is 3.93. The molecule has 2 N–H and O–H groups in total. The molecule has 0 atom stereocenters. The van der Waals surface area contributed by atoms with Gasteiger partial charge in [-0.25, -0.2) is 0 Å². The molecule has 0 aliphatic heterocycles. The van der Waals surface area contributed by atoms with Crippen LogP contribution in [-0.2, 0) is 5.92 Å². The van der Waals surface area contributed by atoms with E-state index in [4.69, 9.17) is 5.73 Å². The molecule has 0 amide bonds. The Labute approximate surface area is 82.5 Å². The Hall–Kier alpha value is -0.970. The third kappa shape index (κ3) is 1.92. The summed E-state index contributed by atoms with van der Waals surface area (Å²) in [7, 11) is 0. The second-order valence-corrected chi connectivity index (χ2v) is 3.17. The van der Waals surface area contributed by atoms with E-state index in [0.717, 1.165) is 24.3 Å². The van der Waals surface area contributed by atoms with E-state index in [1.54, 1.807) is 0 Å². The van der Waals surface area contributed by atoms with Gasteiger partial charge in [0.2, 0.25) is 0 Å². The smallest absolute Gasteiger partial charge is 0.388 e. The average molecular weight is 228 g/mol. The zero-order valence-electron chi connectivity index (χ0n) is 6.78. The molecule has 0 aliphatic rings. The van der Waals surface area contributed by atoms with E-state index < -0.39 is 16.9 Å². The number of alkyl halides is 5. The van der Waals surface area contributed by atoms with E-state index in [2.05, 4.69) is 11.6 Å². The molecule has 1 rings (SSSR count). The van der Waals surface area contributed by atoms with Crippen LogP contribution in [0, 0.1) is 0 Å². The van der Waals surface area contributed by atoms with Gasteiger partial charge in [-0.1, -0.05) is 12.1 Å². The van der Waals surface area contributed by atoms with Crippen molar-refractivity contribution < 1.29 is 17.6 Å². The summed E-state index contributed by atoms with van der Waals surface area (Å²) < 4.78 is 50.3. The topological polar surface area (TPSA) is 26.0 Å². The minimum atomic E-state index is -4.61. The van der Waals surface area contributed by atoms with Crippen LogP contribution in [0.25, 0.3) is 0 Å². The van der Waals surface area contributed by atoms with Gasteiger partial charge in [-0.15, -0.1) is 0 Å². The predicted octanol–water partition coefficient (Wildman–Crippen LogP) is 3.19. The molecule has 78 valence electrons. The van der Waals surface area contributed by atoms with Crippen LogP contribution in [0.4, 0.5) is 23.2 Å². The molecule has 0 aromatic heterocycles. The Kier molecular flexibility index (Phi) is 2.63. The summed E-state index contributed by atoms with van der Waals surface area (Å²) >= 11 is 4.28. The second-order valence-electron chi connectivity index (χ2n) is 2.69. The lowest BCUT2D eigenvalue weighted by molar-refractivity contribution is -0.164. The number of rotatable bonds is 2. The number of nitrogens with two attached hydrogens (primary N) is 1. The first-order chi connectivity index (χ1) is 6.25. The highest BCUT2D eigenvalue weighted by Crippen LogP contribution is 2.45. The van der Waals surface area contributed by atoms with Gasteiger partial charge < -0.3 is 5.73 Å². The standard InChI is InChI=1S/C8H6ClF4N/c9-8(12,13)7(10,11)5-1-3-6(14)4-2-5/h1-4H,14H2. The molecule has 1 aromatic carbocycles. The summed E-state index contributed by atoms with van der Waals surface area (Å²) in [5.74, 6) is -4.40. The first-order valence-electron chi connectivity index (χ1n) is 3.55. The van der Waals surface area contributed by atoms with Gasteiger partial charge in [-0.2, -0.15) is 17.6 Å². The highest BCUT2D eigenvalue weighted by Gasteiger charge is 2.56. The minimum Gasteiger partial charge on any atom is -0.399 e. The highest BCUT2D eigenvalue weighted by atomic mass is 35.5. The summed E-state index contributed by atoms with van der Waals surface area (Å²) in [6.45, 7) is 0. The number of hydrogen-bond donors (Lipinski definition) is 1. The van der Waals surface area contributed by atoms with Gasteiger partial charge in [0.05, 0.1) is 0 Å². The van der Waals surface area contributed by atoms with Crippen LogP contribution >= 0.6 is 11.6 Å². The van der Waals surface area contributed by atoms with Crippen molar-refractivity contribution in [3.8, 4) is 0 Å². The number of anilines is 1. The van der Waals surface area contributed by atoms with E-state index in [-0.39, 0.29) is 5.69 Å². The van der Waals surface area contributed by atoms with Crippen molar-refractivity contribution in [1.29, 1.82) is 0 Å². The fourth-order valence-electron chi connectivity index (χ4n) is 0.856. The molecule has 14 heavy (non-hydrogen) atoms. The number of halogens is 5. The lowest BCUT2D eigenvalue weighted by atomic mass is 10.1. The minimum absolute atomic E-state index is 0.211. The van der Waals surface area contributed by atoms with Crippen molar-refractivity contribution in [3.63, 3.8) is 0 Å². The van der Waals surface area contributed by atoms with Crippen molar-refractivity contribution in [1.82, 2.24) is 0 Å². The molecule has 0 fully saturated rings. The van der Waals surface area contributed by atoms with Crippen molar-refractivity contribution in [2.24, 2.45) is 0 Å². The van der Waals surface area contributed by atoms with Crippen LogP contribution in [0.2, 0.25) is 0 Å². The number of benzene rings is 1. The Morgan fingerprint density at radius 1 is 1.00 bits per heavy atom. The summed E-state index contributed by atoms with van der Waals surface area (Å²) in [5, 5.41) is -4.61. The summed E-state index contributed by atoms with van der Waals surface area (Å²) in [6, 6.07) is 3.83. The van der Waals surface area contributed by atoms with Gasteiger partial charge in [0, 0.05) is 11.3 Å². The van der Waals surface area contributed by atoms with Gasteiger partial charge in [-0.05, 0) is 23.7 Å². The summed E-state index contributed by atoms with van der Waals surface area (Å²) in [5.41, 5.74) is 4.56. The molecular weight excluding hydrogens is 222 g/mol. The molecular formula is C8H6ClF4N. The second kappa shape index (κ2) is 3.31. The van der Waals surface area contributed by atoms with Gasteiger partial charge >= 0.3 is 11.3 Å². The van der Waals surface area contributed by atoms with Gasteiger partial charge in [0.25, 0.3) is 0 Å². The Morgan fingerprint density at radius 2 is 1.43 bits per heavy atom. The van der Waals surface area contributed by atoms with Crippen molar-refractivity contribution in [2.45, 2.75) is 11.3 Å². The molecule has 0 spiro atoms. The third-order valence-corrected chi connectivity index (χ3v) is 1.87.